The lowest BCUT2D eigenvalue weighted by Gasteiger charge is -2.26. The van der Waals surface area contributed by atoms with Gasteiger partial charge in [0.05, 0.1) is 0 Å². The maximum absolute atomic E-state index is 13.2. The number of phenols is 2. The molecule has 0 aliphatic carbocycles. The highest BCUT2D eigenvalue weighted by Gasteiger charge is 2.22. The fraction of sp³-hybridized carbons (Fsp3) is 0.400. The predicted molar refractivity (Wildman–Crippen MR) is 93.9 cm³/mol. The van der Waals surface area contributed by atoms with Gasteiger partial charge in [0, 0.05) is 13.2 Å². The molecule has 2 aromatic rings. The van der Waals surface area contributed by atoms with Crippen LogP contribution in [0.5, 0.6) is 11.5 Å². The van der Waals surface area contributed by atoms with Crippen LogP contribution in [0.1, 0.15) is 24.0 Å². The molecule has 2 aromatic carbocycles. The Labute approximate surface area is 151 Å². The third-order valence-electron chi connectivity index (χ3n) is 4.65. The van der Waals surface area contributed by atoms with Crippen LogP contribution >= 0.6 is 0 Å². The molecule has 0 aromatic heterocycles. The summed E-state index contributed by atoms with van der Waals surface area (Å²) in [6.07, 6.45) is 2.09. The van der Waals surface area contributed by atoms with Crippen LogP contribution in [0.15, 0.2) is 36.4 Å². The molecule has 0 aliphatic heterocycles. The van der Waals surface area contributed by atoms with Gasteiger partial charge >= 0.3 is 0 Å². The van der Waals surface area contributed by atoms with Crippen molar-refractivity contribution in [2.24, 2.45) is 11.8 Å². The van der Waals surface area contributed by atoms with E-state index in [2.05, 4.69) is 0 Å². The Kier molecular flexibility index (Phi) is 7.36. The number of halogens is 2. The monoisotopic (exact) mass is 366 g/mol. The lowest BCUT2D eigenvalue weighted by Crippen LogP contribution is -2.23. The van der Waals surface area contributed by atoms with Crippen LogP contribution in [0, 0.1) is 23.5 Å². The molecule has 0 saturated carbocycles. The lowest BCUT2D eigenvalue weighted by atomic mass is 9.80. The van der Waals surface area contributed by atoms with Crippen molar-refractivity contribution in [3.63, 3.8) is 0 Å². The first-order chi connectivity index (χ1) is 12.4. The van der Waals surface area contributed by atoms with E-state index in [-0.39, 0.29) is 25.0 Å². The van der Waals surface area contributed by atoms with Crippen molar-refractivity contribution >= 4 is 0 Å². The average Bonchev–Trinajstić information content (AvgIpc) is 2.62. The van der Waals surface area contributed by atoms with Gasteiger partial charge in [-0.25, -0.2) is 8.78 Å². The first kappa shape index (κ1) is 20.1. The molecule has 142 valence electrons. The van der Waals surface area contributed by atoms with Gasteiger partial charge in [0.15, 0.2) is 23.1 Å². The van der Waals surface area contributed by atoms with Crippen LogP contribution in [0.4, 0.5) is 8.78 Å². The van der Waals surface area contributed by atoms with Crippen LogP contribution in [0.25, 0.3) is 0 Å². The molecule has 0 saturated heterocycles. The van der Waals surface area contributed by atoms with Crippen LogP contribution in [-0.2, 0) is 12.8 Å². The Hall–Kier alpha value is -2.18. The molecule has 26 heavy (non-hydrogen) atoms. The highest BCUT2D eigenvalue weighted by Crippen LogP contribution is 2.29. The third kappa shape index (κ3) is 5.41. The zero-order chi connectivity index (χ0) is 19.1. The molecule has 6 heteroatoms. The summed E-state index contributed by atoms with van der Waals surface area (Å²) in [6, 6.07) is 8.22. The predicted octanol–water partition coefficient (Wildman–Crippen LogP) is 3.16. The summed E-state index contributed by atoms with van der Waals surface area (Å²) in [5.41, 5.74) is 1.42. The highest BCUT2D eigenvalue weighted by molar-refractivity contribution is 5.30. The van der Waals surface area contributed by atoms with Gasteiger partial charge < -0.3 is 20.4 Å². The summed E-state index contributed by atoms with van der Waals surface area (Å²) in [5.74, 6) is -2.49. The van der Waals surface area contributed by atoms with E-state index in [4.69, 9.17) is 5.11 Å². The molecular formula is C20H24F2O4. The summed E-state index contributed by atoms with van der Waals surface area (Å²) in [4.78, 5) is 0. The van der Waals surface area contributed by atoms with Crippen LogP contribution < -0.4 is 0 Å². The van der Waals surface area contributed by atoms with Gasteiger partial charge in [0.25, 0.3) is 0 Å². The van der Waals surface area contributed by atoms with E-state index >= 15 is 0 Å². The van der Waals surface area contributed by atoms with Crippen molar-refractivity contribution in [1.29, 1.82) is 0 Å². The molecule has 4 N–H and O–H groups in total. The molecule has 0 bridgehead atoms. The maximum Gasteiger partial charge on any atom is 0.164 e. The van der Waals surface area contributed by atoms with E-state index in [1.54, 1.807) is 12.1 Å². The number of hydrogen-bond acceptors (Lipinski definition) is 4. The molecule has 0 radical (unpaired) electrons. The molecule has 0 amide bonds. The van der Waals surface area contributed by atoms with Crippen molar-refractivity contribution in [3.8, 4) is 11.5 Å². The number of aliphatic hydroxyl groups excluding tert-OH is 2. The van der Waals surface area contributed by atoms with Crippen molar-refractivity contribution in [1.82, 2.24) is 0 Å². The second-order valence-corrected chi connectivity index (χ2v) is 6.55. The summed E-state index contributed by atoms with van der Waals surface area (Å²) in [7, 11) is 0. The number of aromatic hydroxyl groups is 2. The fourth-order valence-electron chi connectivity index (χ4n) is 3.21. The first-order valence-electron chi connectivity index (χ1n) is 8.61. The topological polar surface area (TPSA) is 80.9 Å². The molecule has 0 fully saturated rings. The number of rotatable bonds is 9. The van der Waals surface area contributed by atoms with Crippen LogP contribution in [0.3, 0.4) is 0 Å². The fourth-order valence-corrected chi connectivity index (χ4v) is 3.21. The van der Waals surface area contributed by atoms with Gasteiger partial charge in [0.1, 0.15) is 0 Å². The minimum Gasteiger partial charge on any atom is -0.505 e. The van der Waals surface area contributed by atoms with Gasteiger partial charge in [-0.15, -0.1) is 0 Å². The van der Waals surface area contributed by atoms with Crippen molar-refractivity contribution in [2.75, 3.05) is 13.2 Å². The summed E-state index contributed by atoms with van der Waals surface area (Å²) >= 11 is 0. The largest absolute Gasteiger partial charge is 0.505 e. The Balaban J connectivity index is 2.17. The molecule has 0 spiro atoms. The molecule has 0 aliphatic rings. The number of aliphatic hydroxyl groups is 2. The normalized spacial score (nSPS) is 13.5. The number of phenolic OH excluding ortho intramolecular Hbond substituents is 2. The minimum absolute atomic E-state index is 0.0145. The van der Waals surface area contributed by atoms with Crippen LogP contribution in [-0.4, -0.2) is 33.6 Å². The zero-order valence-corrected chi connectivity index (χ0v) is 14.4. The smallest absolute Gasteiger partial charge is 0.164 e. The quantitative estimate of drug-likeness (QED) is 0.550. The number of benzene rings is 2. The van der Waals surface area contributed by atoms with Gasteiger partial charge in [-0.1, -0.05) is 12.1 Å². The van der Waals surface area contributed by atoms with E-state index in [1.165, 1.54) is 24.3 Å². The van der Waals surface area contributed by atoms with Crippen molar-refractivity contribution < 1.29 is 29.2 Å². The SMILES string of the molecule is OCCC[C@H](Cc1ccc(F)c(O)c1)[C@H](CO)Cc1ccc(F)c(O)c1. The average molecular weight is 366 g/mol. The molecule has 0 heterocycles. The van der Waals surface area contributed by atoms with Crippen molar-refractivity contribution in [2.45, 2.75) is 25.7 Å². The summed E-state index contributed by atoms with van der Waals surface area (Å²) < 4.78 is 26.5. The molecule has 2 atom stereocenters. The van der Waals surface area contributed by atoms with E-state index in [9.17, 15) is 24.1 Å². The van der Waals surface area contributed by atoms with Gasteiger partial charge in [-0.3, -0.25) is 0 Å². The highest BCUT2D eigenvalue weighted by atomic mass is 19.1. The standard InChI is InChI=1S/C20H24F2O4/c21-17-5-3-13(10-19(17)25)8-15(2-1-7-23)16(12-24)9-14-4-6-18(22)20(26)11-14/h3-6,10-11,15-16,23-26H,1-2,7-9,12H2/t15-,16+/m1/s1. The second kappa shape index (κ2) is 9.50. The summed E-state index contributed by atoms with van der Waals surface area (Å²) in [6.45, 7) is -0.109. The van der Waals surface area contributed by atoms with Crippen LogP contribution in [0.2, 0.25) is 0 Å². The van der Waals surface area contributed by atoms with Crippen molar-refractivity contribution in [3.05, 3.63) is 59.2 Å². The Morgan fingerprint density at radius 3 is 1.69 bits per heavy atom. The summed E-state index contributed by atoms with van der Waals surface area (Å²) in [5, 5.41) is 38.1. The minimum atomic E-state index is -0.701. The van der Waals surface area contributed by atoms with Gasteiger partial charge in [-0.2, -0.15) is 0 Å². The molecular weight excluding hydrogens is 342 g/mol. The lowest BCUT2D eigenvalue weighted by molar-refractivity contribution is 0.158. The van der Waals surface area contributed by atoms with E-state index in [0.29, 0.717) is 31.2 Å². The van der Waals surface area contributed by atoms with Gasteiger partial charge in [-0.05, 0) is 72.9 Å². The Morgan fingerprint density at radius 2 is 1.27 bits per heavy atom. The van der Waals surface area contributed by atoms with Gasteiger partial charge in [0.2, 0.25) is 0 Å². The molecule has 2 rings (SSSR count). The maximum atomic E-state index is 13.2. The van der Waals surface area contributed by atoms with E-state index < -0.39 is 23.1 Å². The molecule has 0 unspecified atom stereocenters. The number of hydrogen-bond donors (Lipinski definition) is 4. The first-order valence-corrected chi connectivity index (χ1v) is 8.61. The second-order valence-electron chi connectivity index (χ2n) is 6.55. The third-order valence-corrected chi connectivity index (χ3v) is 4.65. The van der Waals surface area contributed by atoms with E-state index in [0.717, 1.165) is 5.56 Å². The Morgan fingerprint density at radius 1 is 0.769 bits per heavy atom. The zero-order valence-electron chi connectivity index (χ0n) is 14.4. The van der Waals surface area contributed by atoms with E-state index in [1.807, 2.05) is 0 Å². The molecule has 4 nitrogen and oxygen atoms in total. The Bertz CT molecular complexity index is 721.